The summed E-state index contributed by atoms with van der Waals surface area (Å²) in [5.41, 5.74) is 0.361. The molecule has 94 valence electrons. The molecule has 2 nitrogen and oxygen atoms in total. The van der Waals surface area contributed by atoms with Gasteiger partial charge in [-0.3, -0.25) is 4.79 Å². The van der Waals surface area contributed by atoms with Gasteiger partial charge in [0, 0.05) is 11.4 Å². The Hall–Kier alpha value is -0.860. The number of carbonyl (C=O) groups is 1. The maximum absolute atomic E-state index is 12.2. The van der Waals surface area contributed by atoms with Gasteiger partial charge in [-0.2, -0.15) is 0 Å². The second kappa shape index (κ2) is 5.65. The summed E-state index contributed by atoms with van der Waals surface area (Å²) in [6, 6.07) is 7.62. The number of carbonyl (C=O) groups excluding carboxylic acids is 1. The highest BCUT2D eigenvalue weighted by Gasteiger charge is 2.40. The lowest BCUT2D eigenvalue weighted by Crippen LogP contribution is -2.49. The van der Waals surface area contributed by atoms with Crippen LogP contribution in [0, 0.1) is 0 Å². The van der Waals surface area contributed by atoms with Crippen LogP contribution < -0.4 is 5.32 Å². The molecule has 0 aromatic heterocycles. The van der Waals surface area contributed by atoms with Crippen LogP contribution in [-0.2, 0) is 10.3 Å². The number of ketones is 1. The van der Waals surface area contributed by atoms with E-state index in [-0.39, 0.29) is 13.2 Å². The normalized spacial score (nSPS) is 24.2. The third-order valence-corrected chi connectivity index (χ3v) is 3.77. The van der Waals surface area contributed by atoms with Gasteiger partial charge in [0.2, 0.25) is 0 Å². The Bertz CT molecular complexity index is 405. The van der Waals surface area contributed by atoms with Crippen LogP contribution in [0.15, 0.2) is 24.3 Å². The first-order valence-corrected chi connectivity index (χ1v) is 6.06. The van der Waals surface area contributed by atoms with Crippen LogP contribution in [-0.4, -0.2) is 12.8 Å². The molecule has 1 aliphatic carbocycles. The van der Waals surface area contributed by atoms with Gasteiger partial charge in [-0.25, -0.2) is 0 Å². The predicted octanol–water partition coefficient (Wildman–Crippen LogP) is 3.53. The second-order valence-corrected chi connectivity index (χ2v) is 4.67. The number of benzene rings is 1. The molecule has 0 aliphatic heterocycles. The molecule has 1 aromatic rings. The minimum atomic E-state index is -0.559. The summed E-state index contributed by atoms with van der Waals surface area (Å²) in [6.45, 7) is 0. The average molecular weight is 254 g/mol. The van der Waals surface area contributed by atoms with Crippen LogP contribution in [0.1, 0.15) is 38.7 Å². The topological polar surface area (TPSA) is 29.1 Å². The molecule has 0 amide bonds. The molecule has 0 bridgehead atoms. The summed E-state index contributed by atoms with van der Waals surface area (Å²) < 4.78 is 0. The van der Waals surface area contributed by atoms with Gasteiger partial charge in [-0.15, -0.1) is 0 Å². The largest absolute Gasteiger partial charge is 0.304 e. The minimum absolute atomic E-state index is 0. The van der Waals surface area contributed by atoms with Crippen molar-refractivity contribution in [3.05, 3.63) is 34.9 Å². The van der Waals surface area contributed by atoms with E-state index < -0.39 is 5.54 Å². The highest BCUT2D eigenvalue weighted by atomic mass is 35.5. The van der Waals surface area contributed by atoms with E-state index in [9.17, 15) is 4.79 Å². The van der Waals surface area contributed by atoms with Gasteiger partial charge in [0.05, 0.1) is 0 Å². The molecule has 0 spiro atoms. The Morgan fingerprint density at radius 2 is 2.00 bits per heavy atom. The van der Waals surface area contributed by atoms with Crippen molar-refractivity contribution >= 4 is 17.4 Å². The van der Waals surface area contributed by atoms with Gasteiger partial charge >= 0.3 is 0 Å². The fourth-order valence-electron chi connectivity index (χ4n) is 2.52. The van der Waals surface area contributed by atoms with E-state index in [2.05, 4.69) is 5.32 Å². The summed E-state index contributed by atoms with van der Waals surface area (Å²) in [5.74, 6) is 0.259. The molecule has 1 fully saturated rings. The zero-order valence-corrected chi connectivity index (χ0v) is 10.2. The smallest absolute Gasteiger partial charge is 0.157 e. The molecule has 1 atom stereocenters. The molecule has 3 heteroatoms. The summed E-state index contributed by atoms with van der Waals surface area (Å²) >= 11 is 6.20. The maximum atomic E-state index is 12.2. The molecule has 1 aromatic carbocycles. The lowest BCUT2D eigenvalue weighted by atomic mass is 9.75. The highest BCUT2D eigenvalue weighted by molar-refractivity contribution is 6.31. The van der Waals surface area contributed by atoms with E-state index >= 15 is 0 Å². The summed E-state index contributed by atoms with van der Waals surface area (Å²) in [5, 5.41) is 3.86. The Labute approximate surface area is 108 Å². The Balaban J connectivity index is 0.00000144. The van der Waals surface area contributed by atoms with Crippen LogP contribution in [0.5, 0.6) is 0 Å². The highest BCUT2D eigenvalue weighted by Crippen LogP contribution is 2.37. The third-order valence-electron chi connectivity index (χ3n) is 3.44. The van der Waals surface area contributed by atoms with Gasteiger partial charge in [0.25, 0.3) is 0 Å². The number of hydrogen-bond acceptors (Lipinski definition) is 2. The molecule has 0 unspecified atom stereocenters. The van der Waals surface area contributed by atoms with E-state index in [4.69, 9.17) is 11.6 Å². The number of likely N-dealkylation sites (N-methyl/N-ethyl adjacent to an activating group) is 1. The number of nitrogens with one attached hydrogen (secondary N) is 1. The average Bonchev–Trinajstić information content (AvgIpc) is 2.31. The molecule has 17 heavy (non-hydrogen) atoms. The van der Waals surface area contributed by atoms with Gasteiger partial charge < -0.3 is 5.32 Å². The molecule has 1 N–H and O–H groups in total. The quantitative estimate of drug-likeness (QED) is 0.874. The Morgan fingerprint density at radius 1 is 1.29 bits per heavy atom. The number of rotatable bonds is 2. The van der Waals surface area contributed by atoms with E-state index in [0.29, 0.717) is 11.4 Å². The standard InChI is InChI=1S/C13H16ClNO.CH4/c1-15-13(9-5-4-8-12(13)16)10-6-2-3-7-11(10)14;/h2-3,6-7,15H,4-5,8-9H2,1H3;1H4/t13-;/m0./s1. The fraction of sp³-hybridized carbons (Fsp3) is 0.500. The number of Topliss-reactive ketones (excluding diaryl/α,β-unsaturated/α-hetero) is 1. The zero-order chi connectivity index (χ0) is 11.6. The Kier molecular flexibility index (Phi) is 4.72. The van der Waals surface area contributed by atoms with Crippen LogP contribution in [0.3, 0.4) is 0 Å². The first-order valence-electron chi connectivity index (χ1n) is 5.68. The predicted molar refractivity (Wildman–Crippen MR) is 72.4 cm³/mol. The van der Waals surface area contributed by atoms with Gasteiger partial charge in [-0.1, -0.05) is 43.6 Å². The van der Waals surface area contributed by atoms with Crippen LogP contribution >= 0.6 is 11.6 Å². The van der Waals surface area contributed by atoms with Crippen molar-refractivity contribution in [2.24, 2.45) is 0 Å². The lowest BCUT2D eigenvalue weighted by molar-refractivity contribution is -0.127. The molecule has 0 heterocycles. The molecule has 0 radical (unpaired) electrons. The van der Waals surface area contributed by atoms with Gasteiger partial charge in [0.1, 0.15) is 5.54 Å². The zero-order valence-electron chi connectivity index (χ0n) is 9.42. The molecule has 1 aliphatic rings. The van der Waals surface area contributed by atoms with Crippen molar-refractivity contribution in [3.63, 3.8) is 0 Å². The molecular weight excluding hydrogens is 234 g/mol. The van der Waals surface area contributed by atoms with Crippen LogP contribution in [0.25, 0.3) is 0 Å². The van der Waals surface area contributed by atoms with Crippen molar-refractivity contribution in [2.75, 3.05) is 7.05 Å². The van der Waals surface area contributed by atoms with E-state index in [1.54, 1.807) is 0 Å². The van der Waals surface area contributed by atoms with Crippen molar-refractivity contribution in [1.29, 1.82) is 0 Å². The number of halogens is 1. The lowest BCUT2D eigenvalue weighted by Gasteiger charge is -2.36. The SMILES string of the molecule is C.CN[C@]1(c2ccccc2Cl)CCCCC1=O. The molecular formula is C14H20ClNO. The van der Waals surface area contributed by atoms with E-state index in [1.165, 1.54) is 0 Å². The summed E-state index contributed by atoms with van der Waals surface area (Å²) in [6.07, 6.45) is 3.54. The van der Waals surface area contributed by atoms with Crippen molar-refractivity contribution in [1.82, 2.24) is 5.32 Å². The second-order valence-electron chi connectivity index (χ2n) is 4.27. The van der Waals surface area contributed by atoms with Crippen LogP contribution in [0.4, 0.5) is 0 Å². The minimum Gasteiger partial charge on any atom is -0.304 e. The summed E-state index contributed by atoms with van der Waals surface area (Å²) in [4.78, 5) is 12.2. The van der Waals surface area contributed by atoms with Gasteiger partial charge in [-0.05, 0) is 31.5 Å². The molecule has 0 saturated heterocycles. The van der Waals surface area contributed by atoms with Gasteiger partial charge in [0.15, 0.2) is 5.78 Å². The maximum Gasteiger partial charge on any atom is 0.157 e. The van der Waals surface area contributed by atoms with Crippen molar-refractivity contribution < 1.29 is 4.79 Å². The van der Waals surface area contributed by atoms with E-state index in [0.717, 1.165) is 24.8 Å². The monoisotopic (exact) mass is 253 g/mol. The third kappa shape index (κ3) is 2.38. The summed E-state index contributed by atoms with van der Waals surface area (Å²) in [7, 11) is 1.84. The molecule has 1 saturated carbocycles. The van der Waals surface area contributed by atoms with Crippen molar-refractivity contribution in [3.8, 4) is 0 Å². The first-order chi connectivity index (χ1) is 7.70. The molecule has 2 rings (SSSR count). The number of hydrogen-bond donors (Lipinski definition) is 1. The van der Waals surface area contributed by atoms with Crippen LogP contribution in [0.2, 0.25) is 5.02 Å². The van der Waals surface area contributed by atoms with Crippen molar-refractivity contribution in [2.45, 2.75) is 38.6 Å². The first kappa shape index (κ1) is 14.2. The van der Waals surface area contributed by atoms with E-state index in [1.807, 2.05) is 31.3 Å². The Morgan fingerprint density at radius 3 is 2.59 bits per heavy atom. The fourth-order valence-corrected chi connectivity index (χ4v) is 2.82.